The van der Waals surface area contributed by atoms with E-state index in [2.05, 4.69) is 0 Å². The number of nitrogens with two attached hydrogens (primary N) is 4. The van der Waals surface area contributed by atoms with Gasteiger partial charge in [0.05, 0.1) is 0 Å². The van der Waals surface area contributed by atoms with Gasteiger partial charge in [-0.25, -0.2) is 0 Å². The second-order valence-corrected chi connectivity index (χ2v) is 3.63. The van der Waals surface area contributed by atoms with Gasteiger partial charge in [-0.2, -0.15) is 0 Å². The molecule has 4 heteroatoms. The molecule has 8 N–H and O–H groups in total. The molecule has 15 heavy (non-hydrogen) atoms. The molecule has 0 aromatic carbocycles. The minimum absolute atomic E-state index is 0.806. The Bertz CT molecular complexity index is 78.7. The fourth-order valence-corrected chi connectivity index (χ4v) is 1.11. The molecule has 0 radical (unpaired) electrons. The molecule has 0 aliphatic heterocycles. The second-order valence-electron chi connectivity index (χ2n) is 3.63. The van der Waals surface area contributed by atoms with Crippen molar-refractivity contribution in [1.82, 2.24) is 0 Å². The lowest BCUT2D eigenvalue weighted by atomic mass is 10.2. The van der Waals surface area contributed by atoms with E-state index in [0.29, 0.717) is 0 Å². The molecule has 0 unspecified atom stereocenters. The van der Waals surface area contributed by atoms with Crippen LogP contribution in [-0.4, -0.2) is 26.2 Å². The summed E-state index contributed by atoms with van der Waals surface area (Å²) in [7, 11) is 0. The predicted octanol–water partition coefficient (Wildman–Crippen LogP) is 0.538. The summed E-state index contributed by atoms with van der Waals surface area (Å²) in [4.78, 5) is 0. The normalized spacial score (nSPS) is 9.60. The average Bonchev–Trinajstić information content (AvgIpc) is 2.26. The van der Waals surface area contributed by atoms with Gasteiger partial charge in [-0.3, -0.25) is 0 Å². The smallest absolute Gasteiger partial charge is 0.00773 e. The third-order valence-corrected chi connectivity index (χ3v) is 2.07. The molecule has 0 aliphatic rings. The van der Waals surface area contributed by atoms with Crippen molar-refractivity contribution in [2.45, 2.75) is 44.9 Å². The van der Waals surface area contributed by atoms with Crippen molar-refractivity contribution in [3.8, 4) is 0 Å². The fraction of sp³-hybridized carbons (Fsp3) is 1.00. The van der Waals surface area contributed by atoms with Crippen molar-refractivity contribution in [2.75, 3.05) is 26.2 Å². The van der Waals surface area contributed by atoms with Crippen LogP contribution in [0.25, 0.3) is 0 Å². The van der Waals surface area contributed by atoms with Gasteiger partial charge in [0, 0.05) is 0 Å². The topological polar surface area (TPSA) is 104 Å². The quantitative estimate of drug-likeness (QED) is 0.424. The Morgan fingerprint density at radius 1 is 0.333 bits per heavy atom. The highest BCUT2D eigenvalue weighted by Crippen LogP contribution is 1.95. The first-order valence-corrected chi connectivity index (χ1v) is 6.13. The molecule has 94 valence electrons. The standard InChI is InChI=1S/C6H16N2.C5H14N2/c7-5-3-1-2-4-6-8;6-4-2-1-3-5-7/h1-8H2;1-7H2. The molecular weight excluding hydrogens is 188 g/mol. The zero-order valence-corrected chi connectivity index (χ0v) is 10.1. The van der Waals surface area contributed by atoms with E-state index in [9.17, 15) is 0 Å². The van der Waals surface area contributed by atoms with E-state index in [1.807, 2.05) is 0 Å². The Balaban J connectivity index is 0. The molecule has 0 saturated heterocycles. The van der Waals surface area contributed by atoms with E-state index in [1.54, 1.807) is 0 Å². The Morgan fingerprint density at radius 3 is 0.733 bits per heavy atom. The molecule has 0 fully saturated rings. The molecule has 0 aromatic heterocycles. The number of hydrogen-bond donors (Lipinski definition) is 4. The van der Waals surface area contributed by atoms with Gasteiger partial charge in [-0.05, 0) is 51.9 Å². The van der Waals surface area contributed by atoms with Gasteiger partial charge >= 0.3 is 0 Å². The molecule has 0 bridgehead atoms. The first-order valence-electron chi connectivity index (χ1n) is 6.13. The van der Waals surface area contributed by atoms with E-state index in [4.69, 9.17) is 22.9 Å². The fourth-order valence-electron chi connectivity index (χ4n) is 1.11. The van der Waals surface area contributed by atoms with Gasteiger partial charge in [0.15, 0.2) is 0 Å². The van der Waals surface area contributed by atoms with Crippen LogP contribution in [0.5, 0.6) is 0 Å². The maximum absolute atomic E-state index is 5.28. The SMILES string of the molecule is NCCCCCCN.NCCCCCN. The zero-order chi connectivity index (χ0) is 11.8. The first-order chi connectivity index (χ1) is 7.33. The van der Waals surface area contributed by atoms with Gasteiger partial charge < -0.3 is 22.9 Å². The van der Waals surface area contributed by atoms with Crippen molar-refractivity contribution < 1.29 is 0 Å². The summed E-state index contributed by atoms with van der Waals surface area (Å²) in [6.07, 6.45) is 8.22. The van der Waals surface area contributed by atoms with Crippen LogP contribution in [0.3, 0.4) is 0 Å². The Kier molecular flexibility index (Phi) is 22.3. The van der Waals surface area contributed by atoms with E-state index >= 15 is 0 Å². The van der Waals surface area contributed by atoms with Crippen molar-refractivity contribution >= 4 is 0 Å². The number of rotatable bonds is 9. The summed E-state index contributed by atoms with van der Waals surface area (Å²) < 4.78 is 0. The van der Waals surface area contributed by atoms with Crippen molar-refractivity contribution in [3.05, 3.63) is 0 Å². The Hall–Kier alpha value is -0.160. The molecule has 0 aliphatic carbocycles. The lowest BCUT2D eigenvalue weighted by Gasteiger charge is -1.94. The van der Waals surface area contributed by atoms with Gasteiger partial charge in [-0.15, -0.1) is 0 Å². The Labute approximate surface area is 94.8 Å². The van der Waals surface area contributed by atoms with Crippen LogP contribution in [0.2, 0.25) is 0 Å². The first kappa shape index (κ1) is 17.2. The second kappa shape index (κ2) is 19.4. The molecular formula is C11H30N4. The van der Waals surface area contributed by atoms with Crippen LogP contribution in [0, 0.1) is 0 Å². The van der Waals surface area contributed by atoms with E-state index < -0.39 is 0 Å². The van der Waals surface area contributed by atoms with E-state index in [1.165, 1.54) is 19.3 Å². The maximum atomic E-state index is 5.28. The van der Waals surface area contributed by atoms with E-state index in [-0.39, 0.29) is 0 Å². The van der Waals surface area contributed by atoms with Crippen LogP contribution in [0.4, 0.5) is 0 Å². The molecule has 0 amide bonds. The highest BCUT2D eigenvalue weighted by Gasteiger charge is 1.83. The lowest BCUT2D eigenvalue weighted by Crippen LogP contribution is -2.02. The Morgan fingerprint density at radius 2 is 0.533 bits per heavy atom. The molecule has 0 atom stereocenters. The summed E-state index contributed by atoms with van der Waals surface area (Å²) in [5.74, 6) is 0. The summed E-state index contributed by atoms with van der Waals surface area (Å²) in [6, 6.07) is 0. The zero-order valence-electron chi connectivity index (χ0n) is 10.1. The highest BCUT2D eigenvalue weighted by atomic mass is 14.5. The average molecular weight is 218 g/mol. The van der Waals surface area contributed by atoms with Gasteiger partial charge in [0.1, 0.15) is 0 Å². The molecule has 0 aromatic rings. The summed E-state index contributed by atoms with van der Waals surface area (Å²) in [5, 5.41) is 0. The van der Waals surface area contributed by atoms with Crippen LogP contribution in [0.15, 0.2) is 0 Å². The summed E-state index contributed by atoms with van der Waals surface area (Å²) in [6.45, 7) is 3.26. The van der Waals surface area contributed by atoms with E-state index in [0.717, 1.165) is 51.9 Å². The predicted molar refractivity (Wildman–Crippen MR) is 68.5 cm³/mol. The van der Waals surface area contributed by atoms with Crippen molar-refractivity contribution in [2.24, 2.45) is 22.9 Å². The van der Waals surface area contributed by atoms with Crippen molar-refractivity contribution in [1.29, 1.82) is 0 Å². The monoisotopic (exact) mass is 218 g/mol. The third-order valence-electron chi connectivity index (χ3n) is 2.07. The maximum Gasteiger partial charge on any atom is -0.00773 e. The number of unbranched alkanes of at least 4 members (excludes halogenated alkanes) is 5. The molecule has 0 heterocycles. The molecule has 0 saturated carbocycles. The highest BCUT2D eigenvalue weighted by molar-refractivity contribution is 4.43. The van der Waals surface area contributed by atoms with Crippen LogP contribution >= 0.6 is 0 Å². The lowest BCUT2D eigenvalue weighted by molar-refractivity contribution is 0.653. The van der Waals surface area contributed by atoms with Crippen molar-refractivity contribution in [3.63, 3.8) is 0 Å². The van der Waals surface area contributed by atoms with Gasteiger partial charge in [0.2, 0.25) is 0 Å². The van der Waals surface area contributed by atoms with Gasteiger partial charge in [0.25, 0.3) is 0 Å². The summed E-state index contributed by atoms with van der Waals surface area (Å²) >= 11 is 0. The van der Waals surface area contributed by atoms with Gasteiger partial charge in [-0.1, -0.05) is 19.3 Å². The third kappa shape index (κ3) is 24.8. The minimum atomic E-state index is 0.806. The number of hydrogen-bond acceptors (Lipinski definition) is 4. The minimum Gasteiger partial charge on any atom is -0.330 e. The molecule has 0 rings (SSSR count). The molecule has 4 nitrogen and oxygen atoms in total. The van der Waals surface area contributed by atoms with Crippen LogP contribution in [0.1, 0.15) is 44.9 Å². The summed E-state index contributed by atoms with van der Waals surface area (Å²) in [5.41, 5.74) is 21.0. The van der Waals surface area contributed by atoms with Crippen LogP contribution in [-0.2, 0) is 0 Å². The van der Waals surface area contributed by atoms with Crippen LogP contribution < -0.4 is 22.9 Å². The molecule has 0 spiro atoms. The largest absolute Gasteiger partial charge is 0.330 e.